The standard InChI is InChI=1S/C19H19F3N2O3/c1-3-23-18(25)17(24-26-2)14-9-5-4-8-13(14)12-27-16-11-7-6-10-15(16)19(20,21)22/h4-11H,3,12H2,1-2H3,(H,23,25). The zero-order chi connectivity index (χ0) is 19.9. The van der Waals surface area contributed by atoms with E-state index in [2.05, 4.69) is 10.5 Å². The number of halogens is 3. The van der Waals surface area contributed by atoms with Gasteiger partial charge in [0, 0.05) is 12.1 Å². The number of hydrogen-bond donors (Lipinski definition) is 1. The molecule has 0 saturated heterocycles. The van der Waals surface area contributed by atoms with Crippen molar-refractivity contribution in [1.82, 2.24) is 5.32 Å². The van der Waals surface area contributed by atoms with E-state index in [1.807, 2.05) is 0 Å². The molecule has 1 N–H and O–H groups in total. The zero-order valence-electron chi connectivity index (χ0n) is 14.8. The zero-order valence-corrected chi connectivity index (χ0v) is 14.8. The maximum Gasteiger partial charge on any atom is 0.419 e. The minimum absolute atomic E-state index is 0.0163. The smallest absolute Gasteiger partial charge is 0.419 e. The molecule has 0 aliphatic heterocycles. The second kappa shape index (κ2) is 9.07. The number of oxime groups is 1. The van der Waals surface area contributed by atoms with Gasteiger partial charge in [-0.05, 0) is 24.6 Å². The first-order valence-electron chi connectivity index (χ1n) is 8.15. The summed E-state index contributed by atoms with van der Waals surface area (Å²) in [4.78, 5) is 17.0. The summed E-state index contributed by atoms with van der Waals surface area (Å²) < 4.78 is 44.7. The summed E-state index contributed by atoms with van der Waals surface area (Å²) in [5.41, 5.74) is 0.0611. The number of carbonyl (C=O) groups is 1. The van der Waals surface area contributed by atoms with Crippen LogP contribution in [0.25, 0.3) is 0 Å². The Kier molecular flexibility index (Phi) is 6.81. The number of likely N-dealkylation sites (N-methyl/N-ethyl adjacent to an activating group) is 1. The average Bonchev–Trinajstić information content (AvgIpc) is 2.64. The van der Waals surface area contributed by atoms with E-state index in [0.29, 0.717) is 17.7 Å². The molecule has 0 atom stereocenters. The molecule has 0 aliphatic rings. The third-order valence-corrected chi connectivity index (χ3v) is 3.58. The lowest BCUT2D eigenvalue weighted by molar-refractivity contribution is -0.139. The van der Waals surface area contributed by atoms with Gasteiger partial charge in [-0.1, -0.05) is 41.6 Å². The van der Waals surface area contributed by atoms with Crippen molar-refractivity contribution in [3.63, 3.8) is 0 Å². The van der Waals surface area contributed by atoms with Crippen LogP contribution in [0.4, 0.5) is 13.2 Å². The monoisotopic (exact) mass is 380 g/mol. The molecule has 0 saturated carbocycles. The van der Waals surface area contributed by atoms with E-state index in [1.165, 1.54) is 25.3 Å². The minimum Gasteiger partial charge on any atom is -0.488 e. The highest BCUT2D eigenvalue weighted by atomic mass is 19.4. The molecule has 0 unspecified atom stereocenters. The van der Waals surface area contributed by atoms with Crippen LogP contribution in [-0.2, 0) is 22.4 Å². The van der Waals surface area contributed by atoms with Gasteiger partial charge in [0.15, 0.2) is 5.71 Å². The SMILES string of the molecule is CCNC(=O)C(=NOC)c1ccccc1COc1ccccc1C(F)(F)F. The van der Waals surface area contributed by atoms with Crippen molar-refractivity contribution in [2.45, 2.75) is 19.7 Å². The molecule has 0 heterocycles. The summed E-state index contributed by atoms with van der Waals surface area (Å²) in [7, 11) is 1.30. The van der Waals surface area contributed by atoms with Crippen molar-refractivity contribution < 1.29 is 27.5 Å². The maximum atomic E-state index is 13.1. The molecule has 0 aliphatic carbocycles. The van der Waals surface area contributed by atoms with Gasteiger partial charge >= 0.3 is 6.18 Å². The Morgan fingerprint density at radius 2 is 1.78 bits per heavy atom. The number of hydrogen-bond acceptors (Lipinski definition) is 4. The Bertz CT molecular complexity index is 820. The van der Waals surface area contributed by atoms with E-state index in [9.17, 15) is 18.0 Å². The first-order valence-corrected chi connectivity index (χ1v) is 8.15. The number of amides is 1. The summed E-state index contributed by atoms with van der Waals surface area (Å²) in [5.74, 6) is -0.745. The molecule has 0 bridgehead atoms. The lowest BCUT2D eigenvalue weighted by atomic mass is 10.0. The number of alkyl halides is 3. The number of rotatable bonds is 7. The van der Waals surface area contributed by atoms with Gasteiger partial charge in [0.25, 0.3) is 5.91 Å². The van der Waals surface area contributed by atoms with Crippen molar-refractivity contribution in [2.75, 3.05) is 13.7 Å². The lowest BCUT2D eigenvalue weighted by Crippen LogP contribution is -2.32. The fourth-order valence-corrected chi connectivity index (χ4v) is 2.41. The second-order valence-corrected chi connectivity index (χ2v) is 5.42. The molecular weight excluding hydrogens is 361 g/mol. The summed E-state index contributed by atoms with van der Waals surface area (Å²) in [6, 6.07) is 11.6. The van der Waals surface area contributed by atoms with E-state index in [0.717, 1.165) is 6.07 Å². The van der Waals surface area contributed by atoms with Crippen LogP contribution < -0.4 is 10.1 Å². The van der Waals surface area contributed by atoms with Crippen LogP contribution in [0.5, 0.6) is 5.75 Å². The predicted molar refractivity (Wildman–Crippen MR) is 94.4 cm³/mol. The molecule has 5 nitrogen and oxygen atoms in total. The van der Waals surface area contributed by atoms with Gasteiger partial charge in [-0.15, -0.1) is 0 Å². The van der Waals surface area contributed by atoms with E-state index in [-0.39, 0.29) is 18.1 Å². The van der Waals surface area contributed by atoms with E-state index >= 15 is 0 Å². The van der Waals surface area contributed by atoms with Crippen LogP contribution >= 0.6 is 0 Å². The highest BCUT2D eigenvalue weighted by molar-refractivity contribution is 6.45. The topological polar surface area (TPSA) is 59.9 Å². The number of nitrogens with zero attached hydrogens (tertiary/aromatic N) is 1. The molecule has 0 spiro atoms. The Labute approximate surface area is 154 Å². The molecule has 0 fully saturated rings. The van der Waals surface area contributed by atoms with Crippen LogP contribution in [0.3, 0.4) is 0 Å². The molecule has 2 aromatic carbocycles. The third kappa shape index (κ3) is 5.22. The first-order chi connectivity index (χ1) is 12.9. The molecule has 2 aromatic rings. The number of nitrogens with one attached hydrogen (secondary N) is 1. The molecule has 2 rings (SSSR count). The van der Waals surface area contributed by atoms with Crippen molar-refractivity contribution in [3.05, 3.63) is 65.2 Å². The van der Waals surface area contributed by atoms with Crippen LogP contribution in [0, 0.1) is 0 Å². The number of ether oxygens (including phenoxy) is 1. The number of para-hydroxylation sites is 1. The van der Waals surface area contributed by atoms with Crippen molar-refractivity contribution >= 4 is 11.6 Å². The number of carbonyl (C=O) groups excluding carboxylic acids is 1. The third-order valence-electron chi connectivity index (χ3n) is 3.58. The summed E-state index contributed by atoms with van der Waals surface area (Å²) >= 11 is 0. The summed E-state index contributed by atoms with van der Waals surface area (Å²) in [6.45, 7) is 1.97. The van der Waals surface area contributed by atoms with Gasteiger partial charge < -0.3 is 14.9 Å². The van der Waals surface area contributed by atoms with Crippen molar-refractivity contribution in [3.8, 4) is 5.75 Å². The highest BCUT2D eigenvalue weighted by Crippen LogP contribution is 2.36. The van der Waals surface area contributed by atoms with Gasteiger partial charge in [0.2, 0.25) is 0 Å². The molecule has 0 radical (unpaired) electrons. The molecule has 144 valence electrons. The molecule has 8 heteroatoms. The first kappa shape index (κ1) is 20.3. The van der Waals surface area contributed by atoms with E-state index in [4.69, 9.17) is 9.57 Å². The lowest BCUT2D eigenvalue weighted by Gasteiger charge is -2.15. The maximum absolute atomic E-state index is 13.1. The second-order valence-electron chi connectivity index (χ2n) is 5.42. The molecule has 0 aromatic heterocycles. The molecule has 27 heavy (non-hydrogen) atoms. The van der Waals surface area contributed by atoms with Crippen molar-refractivity contribution in [1.29, 1.82) is 0 Å². The van der Waals surface area contributed by atoms with Crippen LogP contribution in [0.1, 0.15) is 23.6 Å². The highest BCUT2D eigenvalue weighted by Gasteiger charge is 2.34. The van der Waals surface area contributed by atoms with Crippen molar-refractivity contribution in [2.24, 2.45) is 5.16 Å². The molecule has 1 amide bonds. The minimum atomic E-state index is -4.53. The van der Waals surface area contributed by atoms with Crippen LogP contribution in [0.15, 0.2) is 53.7 Å². The fraction of sp³-hybridized carbons (Fsp3) is 0.263. The predicted octanol–water partition coefficient (Wildman–Crippen LogP) is 3.77. The number of benzene rings is 2. The normalized spacial score (nSPS) is 11.8. The van der Waals surface area contributed by atoms with Crippen LogP contribution in [-0.4, -0.2) is 25.3 Å². The largest absolute Gasteiger partial charge is 0.488 e. The average molecular weight is 380 g/mol. The van der Waals surface area contributed by atoms with E-state index < -0.39 is 17.6 Å². The van der Waals surface area contributed by atoms with Gasteiger partial charge in [-0.2, -0.15) is 13.2 Å². The van der Waals surface area contributed by atoms with Gasteiger partial charge in [-0.25, -0.2) is 0 Å². The Morgan fingerprint density at radius 3 is 2.44 bits per heavy atom. The quantitative estimate of drug-likeness (QED) is 0.588. The fourth-order valence-electron chi connectivity index (χ4n) is 2.41. The van der Waals surface area contributed by atoms with E-state index in [1.54, 1.807) is 31.2 Å². The van der Waals surface area contributed by atoms with Gasteiger partial charge in [0.05, 0.1) is 5.56 Å². The Hall–Kier alpha value is -3.03. The summed E-state index contributed by atoms with van der Waals surface area (Å²) in [6.07, 6.45) is -4.53. The van der Waals surface area contributed by atoms with Crippen LogP contribution in [0.2, 0.25) is 0 Å². The Morgan fingerprint density at radius 1 is 1.11 bits per heavy atom. The Balaban J connectivity index is 2.32. The van der Waals surface area contributed by atoms with Gasteiger partial charge in [-0.3, -0.25) is 4.79 Å². The molecular formula is C19H19F3N2O3. The summed E-state index contributed by atoms with van der Waals surface area (Å²) in [5, 5.41) is 6.37. The van der Waals surface area contributed by atoms with Gasteiger partial charge in [0.1, 0.15) is 19.5 Å².